The van der Waals surface area contributed by atoms with Gasteiger partial charge in [0.25, 0.3) is 5.56 Å². The number of fused-ring (bicyclic) bond motifs is 1. The summed E-state index contributed by atoms with van der Waals surface area (Å²) >= 11 is 0. The first-order chi connectivity index (χ1) is 14.1. The van der Waals surface area contributed by atoms with Crippen molar-refractivity contribution in [2.75, 3.05) is 0 Å². The molecule has 0 saturated heterocycles. The molecule has 0 aliphatic rings. The lowest BCUT2D eigenvalue weighted by Crippen LogP contribution is -2.39. The quantitative estimate of drug-likeness (QED) is 0.553. The van der Waals surface area contributed by atoms with Crippen molar-refractivity contribution in [1.82, 2.24) is 19.4 Å². The normalized spacial score (nSPS) is 11.1. The molecule has 2 aromatic heterocycles. The number of pyridine rings is 1. The molecule has 0 fully saturated rings. The fourth-order valence-corrected chi connectivity index (χ4v) is 3.38. The van der Waals surface area contributed by atoms with E-state index in [1.54, 1.807) is 13.2 Å². The molecule has 0 unspecified atom stereocenters. The monoisotopic (exact) mass is 386 g/mol. The number of benzene rings is 2. The standard InChI is InChI=1S/C23H22N4O2/c1-26-21-20(22(28)27(23(26)29)16-18-10-6-3-7-11-18)12-19(15-25-21)14-24-13-17-8-4-2-5-9-17/h2-12,15,24H,13-14,16H2,1H3. The fourth-order valence-electron chi connectivity index (χ4n) is 3.38. The van der Waals surface area contributed by atoms with E-state index in [9.17, 15) is 9.59 Å². The molecule has 0 saturated carbocycles. The Kier molecular flexibility index (Phi) is 5.35. The van der Waals surface area contributed by atoms with Gasteiger partial charge in [-0.1, -0.05) is 60.7 Å². The third-order valence-corrected chi connectivity index (χ3v) is 4.92. The van der Waals surface area contributed by atoms with Crippen molar-refractivity contribution >= 4 is 11.0 Å². The highest BCUT2D eigenvalue weighted by Crippen LogP contribution is 2.09. The highest BCUT2D eigenvalue weighted by atomic mass is 16.2. The molecule has 2 heterocycles. The van der Waals surface area contributed by atoms with Crippen LogP contribution in [0.5, 0.6) is 0 Å². The van der Waals surface area contributed by atoms with E-state index in [2.05, 4.69) is 22.4 Å². The largest absolute Gasteiger partial charge is 0.332 e. The van der Waals surface area contributed by atoms with Gasteiger partial charge >= 0.3 is 5.69 Å². The number of hydrogen-bond acceptors (Lipinski definition) is 4. The van der Waals surface area contributed by atoms with E-state index in [4.69, 9.17) is 0 Å². The average Bonchev–Trinajstić information content (AvgIpc) is 2.76. The van der Waals surface area contributed by atoms with Gasteiger partial charge in [0.15, 0.2) is 0 Å². The molecular formula is C23H22N4O2. The molecule has 0 bridgehead atoms. The second-order valence-electron chi connectivity index (χ2n) is 7.02. The van der Waals surface area contributed by atoms with Crippen LogP contribution in [0.25, 0.3) is 11.0 Å². The molecule has 4 aromatic rings. The van der Waals surface area contributed by atoms with Gasteiger partial charge in [0.1, 0.15) is 5.65 Å². The van der Waals surface area contributed by atoms with E-state index >= 15 is 0 Å². The van der Waals surface area contributed by atoms with Gasteiger partial charge in [0.05, 0.1) is 11.9 Å². The minimum atomic E-state index is -0.367. The number of rotatable bonds is 6. The third kappa shape index (κ3) is 4.02. The van der Waals surface area contributed by atoms with E-state index in [1.165, 1.54) is 14.7 Å². The molecule has 1 N–H and O–H groups in total. The van der Waals surface area contributed by atoms with Gasteiger partial charge in [-0.2, -0.15) is 0 Å². The molecule has 0 radical (unpaired) electrons. The van der Waals surface area contributed by atoms with Gasteiger partial charge in [-0.3, -0.25) is 13.9 Å². The Morgan fingerprint density at radius 3 is 2.17 bits per heavy atom. The number of nitrogens with zero attached hydrogens (tertiary/aromatic N) is 3. The lowest BCUT2D eigenvalue weighted by molar-refractivity contribution is 0.655. The zero-order valence-electron chi connectivity index (χ0n) is 16.2. The Morgan fingerprint density at radius 1 is 0.862 bits per heavy atom. The van der Waals surface area contributed by atoms with Gasteiger partial charge in [0, 0.05) is 26.3 Å². The first-order valence-corrected chi connectivity index (χ1v) is 9.50. The van der Waals surface area contributed by atoms with Crippen LogP contribution >= 0.6 is 0 Å². The van der Waals surface area contributed by atoms with Crippen molar-refractivity contribution in [3.05, 3.63) is 110 Å². The van der Waals surface area contributed by atoms with E-state index in [0.29, 0.717) is 17.6 Å². The molecule has 146 valence electrons. The molecule has 29 heavy (non-hydrogen) atoms. The maximum Gasteiger partial charge on any atom is 0.332 e. The first kappa shape index (κ1) is 18.8. The third-order valence-electron chi connectivity index (χ3n) is 4.92. The van der Waals surface area contributed by atoms with Crippen LogP contribution < -0.4 is 16.6 Å². The number of nitrogens with one attached hydrogen (secondary N) is 1. The molecule has 0 amide bonds. The van der Waals surface area contributed by atoms with Crippen LogP contribution in [0, 0.1) is 0 Å². The summed E-state index contributed by atoms with van der Waals surface area (Å²) in [6.07, 6.45) is 1.71. The van der Waals surface area contributed by atoms with Gasteiger partial charge < -0.3 is 5.32 Å². The van der Waals surface area contributed by atoms with E-state index in [0.717, 1.165) is 17.7 Å². The molecule has 0 aliphatic heterocycles. The van der Waals surface area contributed by atoms with Crippen LogP contribution in [0.3, 0.4) is 0 Å². The zero-order valence-corrected chi connectivity index (χ0v) is 16.2. The summed E-state index contributed by atoms with van der Waals surface area (Å²) in [6.45, 7) is 1.54. The Bertz CT molecular complexity index is 1250. The molecule has 0 aliphatic carbocycles. The minimum absolute atomic E-state index is 0.235. The van der Waals surface area contributed by atoms with Crippen molar-refractivity contribution in [3.8, 4) is 0 Å². The van der Waals surface area contributed by atoms with Crippen molar-refractivity contribution in [1.29, 1.82) is 0 Å². The number of aromatic nitrogens is 3. The van der Waals surface area contributed by atoms with Crippen molar-refractivity contribution in [2.24, 2.45) is 7.05 Å². The summed E-state index contributed by atoms with van der Waals surface area (Å²) in [4.78, 5) is 30.1. The second kappa shape index (κ2) is 8.24. The SMILES string of the molecule is Cn1c(=O)n(Cc2ccccc2)c(=O)c2cc(CNCc3ccccc3)cnc21. The predicted molar refractivity (Wildman–Crippen MR) is 114 cm³/mol. The van der Waals surface area contributed by atoms with Crippen molar-refractivity contribution in [3.63, 3.8) is 0 Å². The van der Waals surface area contributed by atoms with Crippen LogP contribution in [0.15, 0.2) is 82.5 Å². The fraction of sp³-hybridized carbons (Fsp3) is 0.174. The molecule has 0 spiro atoms. The molecule has 4 rings (SSSR count). The summed E-state index contributed by atoms with van der Waals surface area (Å²) in [7, 11) is 1.64. The van der Waals surface area contributed by atoms with Gasteiger partial charge in [-0.05, 0) is 22.8 Å². The summed E-state index contributed by atoms with van der Waals surface area (Å²) in [6, 6.07) is 21.4. The van der Waals surface area contributed by atoms with E-state index in [1.807, 2.05) is 54.6 Å². The summed E-state index contributed by atoms with van der Waals surface area (Å²) < 4.78 is 2.70. The van der Waals surface area contributed by atoms with E-state index in [-0.39, 0.29) is 17.8 Å². The topological polar surface area (TPSA) is 68.9 Å². The summed E-state index contributed by atoms with van der Waals surface area (Å²) in [5.74, 6) is 0. The molecule has 6 nitrogen and oxygen atoms in total. The molecule has 6 heteroatoms. The Labute approximate surface area is 168 Å². The minimum Gasteiger partial charge on any atom is -0.309 e. The Morgan fingerprint density at radius 2 is 1.48 bits per heavy atom. The van der Waals surface area contributed by atoms with Gasteiger partial charge in [-0.25, -0.2) is 9.78 Å². The lowest BCUT2D eigenvalue weighted by Gasteiger charge is -2.11. The van der Waals surface area contributed by atoms with E-state index < -0.39 is 0 Å². The molecule has 0 atom stereocenters. The summed E-state index contributed by atoms with van der Waals surface area (Å²) in [5.41, 5.74) is 2.71. The smallest absolute Gasteiger partial charge is 0.309 e. The maximum atomic E-state index is 13.0. The van der Waals surface area contributed by atoms with Crippen LogP contribution in [0.2, 0.25) is 0 Å². The van der Waals surface area contributed by atoms with Crippen molar-refractivity contribution in [2.45, 2.75) is 19.6 Å². The van der Waals surface area contributed by atoms with Crippen LogP contribution in [-0.4, -0.2) is 14.1 Å². The average molecular weight is 386 g/mol. The Balaban J connectivity index is 1.64. The van der Waals surface area contributed by atoms with Crippen LogP contribution in [-0.2, 0) is 26.7 Å². The first-order valence-electron chi connectivity index (χ1n) is 9.50. The van der Waals surface area contributed by atoms with Gasteiger partial charge in [0.2, 0.25) is 0 Å². The molecular weight excluding hydrogens is 364 g/mol. The number of hydrogen-bond donors (Lipinski definition) is 1. The lowest BCUT2D eigenvalue weighted by atomic mass is 10.2. The van der Waals surface area contributed by atoms with Gasteiger partial charge in [-0.15, -0.1) is 0 Å². The summed E-state index contributed by atoms with van der Waals surface area (Å²) in [5, 5.41) is 3.81. The molecule has 2 aromatic carbocycles. The van der Waals surface area contributed by atoms with Crippen molar-refractivity contribution < 1.29 is 0 Å². The maximum absolute atomic E-state index is 13.0. The second-order valence-corrected chi connectivity index (χ2v) is 7.02. The highest BCUT2D eigenvalue weighted by Gasteiger charge is 2.13. The Hall–Kier alpha value is -3.51. The van der Waals surface area contributed by atoms with Crippen LogP contribution in [0.4, 0.5) is 0 Å². The highest BCUT2D eigenvalue weighted by molar-refractivity contribution is 5.74. The number of aryl methyl sites for hydroxylation is 1. The zero-order chi connectivity index (χ0) is 20.2. The van der Waals surface area contributed by atoms with Crippen LogP contribution in [0.1, 0.15) is 16.7 Å². The predicted octanol–water partition coefficient (Wildman–Crippen LogP) is 2.43.